The van der Waals surface area contributed by atoms with Crippen molar-refractivity contribution in [1.82, 2.24) is 0 Å². The van der Waals surface area contributed by atoms with E-state index < -0.39 is 24.3 Å². The van der Waals surface area contributed by atoms with Gasteiger partial charge in [0.05, 0.1) is 25.1 Å². The van der Waals surface area contributed by atoms with Gasteiger partial charge >= 0.3 is 0 Å². The summed E-state index contributed by atoms with van der Waals surface area (Å²) in [4.78, 5) is -1.62. The van der Waals surface area contributed by atoms with E-state index >= 15 is 9.13 Å². The van der Waals surface area contributed by atoms with E-state index in [-0.39, 0.29) is 20.4 Å². The molecule has 0 radical (unpaired) electrons. The maximum Gasteiger partial charge on any atom is 0.170 e. The highest BCUT2D eigenvalue weighted by atomic mass is 35.5. The van der Waals surface area contributed by atoms with Crippen LogP contribution in [0, 0.1) is 0 Å². The van der Waals surface area contributed by atoms with Crippen LogP contribution in [0.25, 0.3) is 0 Å². The largest absolute Gasteiger partial charge is 0.313 e. The minimum absolute atomic E-state index is 0.00496. The number of benzene rings is 4. The SMILES string of the molecule is CC1(Cl)C(P(=O)(c2ccccc2)c2ccccc2)=C(Cl)C(Cl)=C(Cl)C1(C)P(=O)(c1ccccc1)c1ccccc1. The quantitative estimate of drug-likeness (QED) is 0.155. The van der Waals surface area contributed by atoms with E-state index in [1.807, 2.05) is 72.8 Å². The molecule has 4 aromatic carbocycles. The van der Waals surface area contributed by atoms with E-state index in [2.05, 4.69) is 0 Å². The van der Waals surface area contributed by atoms with E-state index in [1.165, 1.54) is 0 Å². The number of halogens is 4. The van der Waals surface area contributed by atoms with Gasteiger partial charge in [0.2, 0.25) is 0 Å². The smallest absolute Gasteiger partial charge is 0.170 e. The van der Waals surface area contributed by atoms with Crippen molar-refractivity contribution < 1.29 is 9.13 Å². The van der Waals surface area contributed by atoms with Crippen molar-refractivity contribution in [1.29, 1.82) is 0 Å². The molecule has 204 valence electrons. The molecule has 0 saturated heterocycles. The second-order valence-corrected chi connectivity index (χ2v) is 17.7. The molecule has 0 fully saturated rings. The summed E-state index contributed by atoms with van der Waals surface area (Å²) in [5.41, 5.74) is 0. The summed E-state index contributed by atoms with van der Waals surface area (Å²) in [6.07, 6.45) is 0. The zero-order valence-corrected chi connectivity index (χ0v) is 26.6. The third-order valence-corrected chi connectivity index (χ3v) is 17.7. The summed E-state index contributed by atoms with van der Waals surface area (Å²) in [5.74, 6) is 0. The van der Waals surface area contributed by atoms with Crippen LogP contribution in [0.3, 0.4) is 0 Å². The molecule has 0 N–H and O–H groups in total. The fourth-order valence-corrected chi connectivity index (χ4v) is 15.2. The zero-order chi connectivity index (χ0) is 28.8. The van der Waals surface area contributed by atoms with E-state index in [1.54, 1.807) is 62.4 Å². The molecule has 5 rings (SSSR count). The summed E-state index contributed by atoms with van der Waals surface area (Å²) in [7, 11) is -7.52. The van der Waals surface area contributed by atoms with Gasteiger partial charge in [-0.25, -0.2) is 0 Å². The summed E-state index contributed by atoms with van der Waals surface area (Å²) in [6, 6.07) is 36.3. The maximum absolute atomic E-state index is 15.9. The van der Waals surface area contributed by atoms with Crippen LogP contribution in [-0.4, -0.2) is 10.0 Å². The average molecular weight is 646 g/mol. The summed E-state index contributed by atoms with van der Waals surface area (Å²) in [6.45, 7) is 3.45. The Hall–Kier alpha value is -2.02. The lowest BCUT2D eigenvalue weighted by atomic mass is 9.88. The van der Waals surface area contributed by atoms with Gasteiger partial charge in [-0.15, -0.1) is 11.6 Å². The van der Waals surface area contributed by atoms with Crippen molar-refractivity contribution in [2.75, 3.05) is 0 Å². The zero-order valence-electron chi connectivity index (χ0n) is 21.8. The minimum Gasteiger partial charge on any atom is -0.313 e. The van der Waals surface area contributed by atoms with Crippen molar-refractivity contribution in [3.8, 4) is 0 Å². The predicted octanol–water partition coefficient (Wildman–Crippen LogP) is 8.92. The van der Waals surface area contributed by atoms with Crippen LogP contribution in [0.1, 0.15) is 13.8 Å². The second-order valence-electron chi connectivity index (χ2n) is 9.93. The number of hydrogen-bond acceptors (Lipinski definition) is 2. The van der Waals surface area contributed by atoms with Gasteiger partial charge in [0.15, 0.2) is 14.3 Å². The lowest BCUT2D eigenvalue weighted by Crippen LogP contribution is -2.54. The third-order valence-electron chi connectivity index (χ3n) is 7.80. The molecular weight excluding hydrogens is 620 g/mol. The second kappa shape index (κ2) is 11.0. The predicted molar refractivity (Wildman–Crippen MR) is 174 cm³/mol. The molecule has 1 aliphatic rings. The first-order valence-corrected chi connectivity index (χ1v) is 17.5. The molecule has 0 amide bonds. The van der Waals surface area contributed by atoms with Crippen LogP contribution in [0.5, 0.6) is 0 Å². The molecule has 0 heterocycles. The molecular formula is C32H26Cl4O2P2. The van der Waals surface area contributed by atoms with Gasteiger partial charge in [-0.1, -0.05) is 156 Å². The molecule has 2 atom stereocenters. The molecule has 0 aliphatic heterocycles. The number of rotatable bonds is 6. The van der Waals surface area contributed by atoms with Gasteiger partial charge in [0, 0.05) is 26.5 Å². The van der Waals surface area contributed by atoms with Gasteiger partial charge < -0.3 is 9.13 Å². The first kappa shape index (κ1) is 29.5. The van der Waals surface area contributed by atoms with Crippen molar-refractivity contribution in [2.45, 2.75) is 23.9 Å². The van der Waals surface area contributed by atoms with Gasteiger partial charge in [0.25, 0.3) is 0 Å². The Labute approximate surface area is 255 Å². The van der Waals surface area contributed by atoms with Gasteiger partial charge in [-0.05, 0) is 13.8 Å². The van der Waals surface area contributed by atoms with Gasteiger partial charge in [0.1, 0.15) is 0 Å². The normalized spacial score (nSPS) is 21.9. The molecule has 0 aromatic heterocycles. The van der Waals surface area contributed by atoms with Crippen LogP contribution in [0.4, 0.5) is 0 Å². The highest BCUT2D eigenvalue weighted by Gasteiger charge is 2.66. The molecule has 4 aromatic rings. The van der Waals surface area contributed by atoms with Crippen LogP contribution in [0.15, 0.2) is 142 Å². The van der Waals surface area contributed by atoms with Crippen molar-refractivity contribution >= 4 is 81.9 Å². The lowest BCUT2D eigenvalue weighted by Gasteiger charge is -2.52. The Morgan fingerprint density at radius 3 is 1.20 bits per heavy atom. The Bertz CT molecular complexity index is 1620. The molecule has 8 heteroatoms. The van der Waals surface area contributed by atoms with Crippen LogP contribution < -0.4 is 21.2 Å². The van der Waals surface area contributed by atoms with Crippen molar-refractivity contribution in [2.24, 2.45) is 0 Å². The van der Waals surface area contributed by atoms with Crippen LogP contribution in [-0.2, 0) is 9.13 Å². The van der Waals surface area contributed by atoms with Crippen molar-refractivity contribution in [3.63, 3.8) is 0 Å². The fraction of sp³-hybridized carbons (Fsp3) is 0.125. The summed E-state index contributed by atoms with van der Waals surface area (Å²) in [5, 5.41) is 0.850. The maximum atomic E-state index is 15.9. The fourth-order valence-electron chi connectivity index (χ4n) is 5.55. The minimum atomic E-state index is -3.76. The number of allylic oxidation sites excluding steroid dienone is 4. The first-order chi connectivity index (χ1) is 19.0. The summed E-state index contributed by atoms with van der Waals surface area (Å²) < 4.78 is 31.6. The summed E-state index contributed by atoms with van der Waals surface area (Å²) >= 11 is 28.8. The van der Waals surface area contributed by atoms with E-state index in [9.17, 15) is 0 Å². The van der Waals surface area contributed by atoms with E-state index in [0.29, 0.717) is 21.2 Å². The molecule has 40 heavy (non-hydrogen) atoms. The highest BCUT2D eigenvalue weighted by Crippen LogP contribution is 2.75. The molecule has 0 bridgehead atoms. The van der Waals surface area contributed by atoms with Gasteiger partial charge in [-0.2, -0.15) is 0 Å². The van der Waals surface area contributed by atoms with E-state index in [0.717, 1.165) is 0 Å². The molecule has 1 aliphatic carbocycles. The Balaban J connectivity index is 1.92. The molecule has 2 unspecified atom stereocenters. The number of alkyl halides is 1. The van der Waals surface area contributed by atoms with Crippen LogP contribution >= 0.6 is 60.7 Å². The van der Waals surface area contributed by atoms with E-state index in [4.69, 9.17) is 46.4 Å². The van der Waals surface area contributed by atoms with Crippen LogP contribution in [0.2, 0.25) is 0 Å². The van der Waals surface area contributed by atoms with Crippen molar-refractivity contribution in [3.05, 3.63) is 142 Å². The average Bonchev–Trinajstić information content (AvgIpc) is 3.00. The third kappa shape index (κ3) is 4.23. The Morgan fingerprint density at radius 2 is 0.850 bits per heavy atom. The van der Waals surface area contributed by atoms with Gasteiger partial charge in [-0.3, -0.25) is 0 Å². The first-order valence-electron chi connectivity index (χ1n) is 12.6. The topological polar surface area (TPSA) is 34.1 Å². The monoisotopic (exact) mass is 644 g/mol. The molecule has 0 spiro atoms. The molecule has 2 nitrogen and oxygen atoms in total. The number of hydrogen-bond donors (Lipinski definition) is 0. The standard InChI is InChI=1S/C32H26Cl4O2P2/c1-31(36)30(39(37,23-15-7-3-8-16-23)24-17-9-4-10-18-24)28(34)27(33)29(35)32(31,2)40(38,25-19-11-5-12-20-25)26-21-13-6-14-22-26/h3-22H,1-2H3. The lowest BCUT2D eigenvalue weighted by molar-refractivity contribution is 0.526. The Kier molecular flexibility index (Phi) is 8.10. The Morgan fingerprint density at radius 1 is 0.525 bits per heavy atom. The highest BCUT2D eigenvalue weighted by molar-refractivity contribution is 7.83. The molecule has 0 saturated carbocycles.